The molecule has 0 aliphatic carbocycles. The van der Waals surface area contributed by atoms with Gasteiger partial charge >= 0.3 is 0 Å². The van der Waals surface area contributed by atoms with Crippen molar-refractivity contribution in [1.82, 2.24) is 0 Å². The third kappa shape index (κ3) is 3.36. The summed E-state index contributed by atoms with van der Waals surface area (Å²) in [5.41, 5.74) is 3.28. The lowest BCUT2D eigenvalue weighted by Gasteiger charge is -2.11. The van der Waals surface area contributed by atoms with Crippen LogP contribution in [0.2, 0.25) is 0 Å². The number of halogens is 1. The lowest BCUT2D eigenvalue weighted by molar-refractivity contribution is -0.385. The Morgan fingerprint density at radius 3 is 2.70 bits per heavy atom. The minimum absolute atomic E-state index is 0.0908. The molecule has 0 fully saturated rings. The molecule has 104 valence electrons. The van der Waals surface area contributed by atoms with Crippen LogP contribution in [0, 0.1) is 10.1 Å². The number of para-hydroxylation sites is 1. The SMILES string of the molecule is CCc1ccccc1NCc1ccc(Br)c([N+](=O)[O-])c1. The number of nitrogens with zero attached hydrogens (tertiary/aromatic N) is 1. The Labute approximate surface area is 126 Å². The van der Waals surface area contributed by atoms with Crippen molar-refractivity contribution >= 4 is 27.3 Å². The van der Waals surface area contributed by atoms with Crippen molar-refractivity contribution in [3.8, 4) is 0 Å². The first-order valence-corrected chi connectivity index (χ1v) is 7.15. The van der Waals surface area contributed by atoms with Gasteiger partial charge in [0.2, 0.25) is 0 Å². The molecule has 0 unspecified atom stereocenters. The third-order valence-corrected chi connectivity index (χ3v) is 3.76. The summed E-state index contributed by atoms with van der Waals surface area (Å²) in [4.78, 5) is 10.5. The van der Waals surface area contributed by atoms with Gasteiger partial charge in [0.1, 0.15) is 0 Å². The van der Waals surface area contributed by atoms with Gasteiger partial charge in [-0.2, -0.15) is 0 Å². The Bertz CT molecular complexity index is 629. The topological polar surface area (TPSA) is 55.2 Å². The zero-order valence-electron chi connectivity index (χ0n) is 11.1. The molecule has 0 atom stereocenters. The van der Waals surface area contributed by atoms with Crippen LogP contribution in [0.3, 0.4) is 0 Å². The van der Waals surface area contributed by atoms with Gasteiger partial charge in [-0.15, -0.1) is 0 Å². The number of nitrogens with one attached hydrogen (secondary N) is 1. The second kappa shape index (κ2) is 6.52. The first kappa shape index (κ1) is 14.5. The van der Waals surface area contributed by atoms with Gasteiger partial charge in [0.25, 0.3) is 5.69 Å². The molecule has 2 aromatic rings. The van der Waals surface area contributed by atoms with Gasteiger partial charge in [-0.1, -0.05) is 31.2 Å². The summed E-state index contributed by atoms with van der Waals surface area (Å²) in [5.74, 6) is 0. The molecule has 2 rings (SSSR count). The van der Waals surface area contributed by atoms with E-state index in [9.17, 15) is 10.1 Å². The molecule has 0 aliphatic heterocycles. The zero-order chi connectivity index (χ0) is 14.5. The molecule has 0 saturated heterocycles. The van der Waals surface area contributed by atoms with Crippen LogP contribution in [0.1, 0.15) is 18.1 Å². The van der Waals surface area contributed by atoms with Crippen molar-refractivity contribution in [1.29, 1.82) is 0 Å². The second-order valence-corrected chi connectivity index (χ2v) is 5.26. The van der Waals surface area contributed by atoms with Crippen molar-refractivity contribution in [2.24, 2.45) is 0 Å². The molecule has 20 heavy (non-hydrogen) atoms. The number of nitro groups is 1. The maximum absolute atomic E-state index is 10.9. The first-order chi connectivity index (χ1) is 9.61. The summed E-state index contributed by atoms with van der Waals surface area (Å²) in [6.45, 7) is 2.66. The number of aryl methyl sites for hydroxylation is 1. The van der Waals surface area contributed by atoms with Crippen LogP contribution in [0.4, 0.5) is 11.4 Å². The van der Waals surface area contributed by atoms with E-state index in [0.717, 1.165) is 17.7 Å². The van der Waals surface area contributed by atoms with Crippen molar-refractivity contribution < 1.29 is 4.92 Å². The maximum atomic E-state index is 10.9. The smallest absolute Gasteiger partial charge is 0.283 e. The van der Waals surface area contributed by atoms with E-state index in [1.807, 2.05) is 24.3 Å². The molecule has 0 bridgehead atoms. The molecule has 4 nitrogen and oxygen atoms in total. The van der Waals surface area contributed by atoms with Crippen LogP contribution in [-0.2, 0) is 13.0 Å². The number of hydrogen-bond acceptors (Lipinski definition) is 3. The van der Waals surface area contributed by atoms with E-state index in [1.54, 1.807) is 12.1 Å². The van der Waals surface area contributed by atoms with Crippen molar-refractivity contribution in [2.75, 3.05) is 5.32 Å². The molecular weight excluding hydrogens is 320 g/mol. The van der Waals surface area contributed by atoms with E-state index in [0.29, 0.717) is 11.0 Å². The minimum Gasteiger partial charge on any atom is -0.381 e. The Hall–Kier alpha value is -1.88. The quantitative estimate of drug-likeness (QED) is 0.645. The Kier molecular flexibility index (Phi) is 4.74. The molecule has 0 spiro atoms. The lowest BCUT2D eigenvalue weighted by atomic mass is 10.1. The largest absolute Gasteiger partial charge is 0.381 e. The Morgan fingerprint density at radius 2 is 2.00 bits per heavy atom. The Morgan fingerprint density at radius 1 is 1.25 bits per heavy atom. The fourth-order valence-corrected chi connectivity index (χ4v) is 2.40. The van der Waals surface area contributed by atoms with Gasteiger partial charge in [-0.3, -0.25) is 10.1 Å². The summed E-state index contributed by atoms with van der Waals surface area (Å²) in [7, 11) is 0. The van der Waals surface area contributed by atoms with E-state index >= 15 is 0 Å². The fraction of sp³-hybridized carbons (Fsp3) is 0.200. The van der Waals surface area contributed by atoms with Crippen molar-refractivity contribution in [3.63, 3.8) is 0 Å². The average Bonchev–Trinajstić information content (AvgIpc) is 2.46. The maximum Gasteiger partial charge on any atom is 0.283 e. The second-order valence-electron chi connectivity index (χ2n) is 4.41. The fourth-order valence-electron chi connectivity index (χ4n) is 2.01. The Balaban J connectivity index is 2.15. The first-order valence-electron chi connectivity index (χ1n) is 6.36. The predicted octanol–water partition coefficient (Wildman–Crippen LogP) is 4.53. The highest BCUT2D eigenvalue weighted by atomic mass is 79.9. The summed E-state index contributed by atoms with van der Waals surface area (Å²) in [6, 6.07) is 13.3. The number of rotatable bonds is 5. The molecule has 0 saturated carbocycles. The van der Waals surface area contributed by atoms with Gasteiger partial charge in [-0.25, -0.2) is 0 Å². The lowest BCUT2D eigenvalue weighted by Crippen LogP contribution is -2.02. The molecule has 2 aromatic carbocycles. The van der Waals surface area contributed by atoms with Crippen LogP contribution in [0.5, 0.6) is 0 Å². The van der Waals surface area contributed by atoms with E-state index in [4.69, 9.17) is 0 Å². The van der Waals surface area contributed by atoms with Crippen molar-refractivity contribution in [3.05, 3.63) is 68.2 Å². The minimum atomic E-state index is -0.381. The standard InChI is InChI=1S/C15H15BrN2O2/c1-2-12-5-3-4-6-14(12)17-10-11-7-8-13(16)15(9-11)18(19)20/h3-9,17H,2,10H2,1H3. The highest BCUT2D eigenvalue weighted by Gasteiger charge is 2.12. The third-order valence-electron chi connectivity index (χ3n) is 3.09. The number of benzene rings is 2. The summed E-state index contributed by atoms with van der Waals surface area (Å²) >= 11 is 3.19. The average molecular weight is 335 g/mol. The van der Waals surface area contributed by atoms with Crippen molar-refractivity contribution in [2.45, 2.75) is 19.9 Å². The van der Waals surface area contributed by atoms with Crippen LogP contribution in [0.15, 0.2) is 46.9 Å². The molecule has 0 aliphatic rings. The number of nitro benzene ring substituents is 1. The van der Waals surface area contributed by atoms with Crippen LogP contribution >= 0.6 is 15.9 Å². The van der Waals surface area contributed by atoms with Gasteiger partial charge in [0.15, 0.2) is 0 Å². The van der Waals surface area contributed by atoms with Gasteiger partial charge in [0.05, 0.1) is 9.40 Å². The van der Waals surface area contributed by atoms with E-state index in [1.165, 1.54) is 5.56 Å². The van der Waals surface area contributed by atoms with E-state index in [2.05, 4.69) is 34.2 Å². The van der Waals surface area contributed by atoms with E-state index < -0.39 is 0 Å². The van der Waals surface area contributed by atoms with Gasteiger partial charge in [-0.05, 0) is 45.6 Å². The molecule has 0 aromatic heterocycles. The highest BCUT2D eigenvalue weighted by Crippen LogP contribution is 2.26. The molecule has 0 heterocycles. The van der Waals surface area contributed by atoms with Gasteiger partial charge < -0.3 is 5.32 Å². The summed E-state index contributed by atoms with van der Waals surface area (Å²) < 4.78 is 0.500. The molecule has 5 heteroatoms. The molecule has 0 amide bonds. The summed E-state index contributed by atoms with van der Waals surface area (Å²) in [5, 5.41) is 14.2. The van der Waals surface area contributed by atoms with Crippen LogP contribution in [0.25, 0.3) is 0 Å². The highest BCUT2D eigenvalue weighted by molar-refractivity contribution is 9.10. The zero-order valence-corrected chi connectivity index (χ0v) is 12.7. The monoisotopic (exact) mass is 334 g/mol. The summed E-state index contributed by atoms with van der Waals surface area (Å²) in [6.07, 6.45) is 0.948. The molecule has 0 radical (unpaired) electrons. The predicted molar refractivity (Wildman–Crippen MR) is 83.9 cm³/mol. The van der Waals surface area contributed by atoms with E-state index in [-0.39, 0.29) is 10.6 Å². The number of anilines is 1. The molecular formula is C15H15BrN2O2. The van der Waals surface area contributed by atoms with Crippen LogP contribution < -0.4 is 5.32 Å². The molecule has 1 N–H and O–H groups in total. The number of hydrogen-bond donors (Lipinski definition) is 1. The van der Waals surface area contributed by atoms with Crippen LogP contribution in [-0.4, -0.2) is 4.92 Å². The van der Waals surface area contributed by atoms with Gasteiger partial charge in [0, 0.05) is 18.3 Å². The normalized spacial score (nSPS) is 10.3.